The Balaban J connectivity index is 1.32. The zero-order valence-corrected chi connectivity index (χ0v) is 17.0. The second-order valence-corrected chi connectivity index (χ2v) is 8.09. The third-order valence-corrected chi connectivity index (χ3v) is 6.25. The zero-order valence-electron chi connectivity index (χ0n) is 17.0. The van der Waals surface area contributed by atoms with E-state index in [-0.39, 0.29) is 17.6 Å². The lowest BCUT2D eigenvalue weighted by Gasteiger charge is -2.28. The van der Waals surface area contributed by atoms with Crippen LogP contribution < -0.4 is 10.9 Å². The van der Waals surface area contributed by atoms with Gasteiger partial charge < -0.3 is 4.74 Å². The number of amides is 2. The molecule has 2 aliphatic rings. The molecule has 0 radical (unpaired) electrons. The van der Waals surface area contributed by atoms with Gasteiger partial charge in [-0.1, -0.05) is 48.5 Å². The summed E-state index contributed by atoms with van der Waals surface area (Å²) in [4.78, 5) is 49.9. The van der Waals surface area contributed by atoms with Gasteiger partial charge in [-0.05, 0) is 43.2 Å². The van der Waals surface area contributed by atoms with Crippen LogP contribution in [-0.2, 0) is 14.3 Å². The summed E-state index contributed by atoms with van der Waals surface area (Å²) in [7, 11) is 0. The van der Waals surface area contributed by atoms with Crippen LogP contribution in [0.4, 0.5) is 0 Å². The normalized spacial score (nSPS) is 23.7. The molecule has 2 bridgehead atoms. The number of hydrazine groups is 1. The first-order chi connectivity index (χ1) is 15.0. The van der Waals surface area contributed by atoms with Gasteiger partial charge in [0.15, 0.2) is 12.4 Å². The van der Waals surface area contributed by atoms with Crippen LogP contribution in [-0.4, -0.2) is 30.2 Å². The number of carbonyl (C=O) groups is 4. The van der Waals surface area contributed by atoms with E-state index in [1.807, 2.05) is 18.2 Å². The van der Waals surface area contributed by atoms with Gasteiger partial charge in [0.05, 0.1) is 5.92 Å². The van der Waals surface area contributed by atoms with E-state index in [1.165, 1.54) is 0 Å². The fraction of sp³-hybridized carbons (Fsp3) is 0.333. The van der Waals surface area contributed by atoms with Crippen molar-refractivity contribution < 1.29 is 23.9 Å². The van der Waals surface area contributed by atoms with Crippen molar-refractivity contribution >= 4 is 23.6 Å². The van der Waals surface area contributed by atoms with Gasteiger partial charge in [-0.15, -0.1) is 0 Å². The lowest BCUT2D eigenvalue weighted by atomic mass is 9.75. The van der Waals surface area contributed by atoms with Crippen LogP contribution in [0.2, 0.25) is 0 Å². The Morgan fingerprint density at radius 2 is 1.35 bits per heavy atom. The quantitative estimate of drug-likeness (QED) is 0.425. The maximum atomic E-state index is 13.1. The summed E-state index contributed by atoms with van der Waals surface area (Å²) in [6.45, 7) is -0.520. The Morgan fingerprint density at radius 3 is 2.00 bits per heavy atom. The smallest absolute Gasteiger partial charge is 0.310 e. The van der Waals surface area contributed by atoms with Gasteiger partial charge in [-0.25, -0.2) is 0 Å². The van der Waals surface area contributed by atoms with Crippen LogP contribution in [0, 0.1) is 23.7 Å². The summed E-state index contributed by atoms with van der Waals surface area (Å²) in [5, 5.41) is 0. The Kier molecular flexibility index (Phi) is 6.11. The molecule has 2 saturated carbocycles. The number of hydrogen-bond donors (Lipinski definition) is 2. The van der Waals surface area contributed by atoms with Crippen molar-refractivity contribution in [2.45, 2.75) is 19.3 Å². The fourth-order valence-electron chi connectivity index (χ4n) is 4.86. The van der Waals surface area contributed by atoms with Gasteiger partial charge in [0, 0.05) is 17.0 Å². The number of carbonyl (C=O) groups excluding carboxylic acids is 4. The van der Waals surface area contributed by atoms with Crippen LogP contribution in [0.1, 0.15) is 40.0 Å². The molecule has 2 aromatic carbocycles. The van der Waals surface area contributed by atoms with Crippen LogP contribution in [0.15, 0.2) is 60.7 Å². The van der Waals surface area contributed by atoms with Gasteiger partial charge in [-0.2, -0.15) is 0 Å². The molecule has 0 heterocycles. The van der Waals surface area contributed by atoms with E-state index >= 15 is 0 Å². The molecule has 0 unspecified atom stereocenters. The van der Waals surface area contributed by atoms with Crippen molar-refractivity contribution in [2.75, 3.05) is 6.61 Å². The van der Waals surface area contributed by atoms with E-state index < -0.39 is 36.2 Å². The third-order valence-electron chi connectivity index (χ3n) is 6.25. The average molecular weight is 420 g/mol. The minimum Gasteiger partial charge on any atom is -0.455 e. The molecule has 2 N–H and O–H groups in total. The number of Topliss-reactive ketones (excluding diaryl/α,β-unsaturated/α-hetero) is 1. The zero-order chi connectivity index (χ0) is 21.8. The van der Waals surface area contributed by atoms with Gasteiger partial charge >= 0.3 is 5.97 Å². The Labute approximate surface area is 180 Å². The minimum absolute atomic E-state index is 0.0330. The monoisotopic (exact) mass is 420 g/mol. The molecule has 0 aromatic heterocycles. The largest absolute Gasteiger partial charge is 0.455 e. The minimum atomic E-state index is -0.647. The van der Waals surface area contributed by atoms with Crippen LogP contribution in [0.3, 0.4) is 0 Å². The second-order valence-electron chi connectivity index (χ2n) is 8.09. The molecule has 0 saturated heterocycles. The van der Waals surface area contributed by atoms with Crippen LogP contribution >= 0.6 is 0 Å². The van der Waals surface area contributed by atoms with Crippen molar-refractivity contribution in [3.8, 4) is 0 Å². The van der Waals surface area contributed by atoms with E-state index in [0.717, 1.165) is 19.3 Å². The first-order valence-corrected chi connectivity index (χ1v) is 10.4. The van der Waals surface area contributed by atoms with E-state index in [2.05, 4.69) is 10.9 Å². The van der Waals surface area contributed by atoms with E-state index in [9.17, 15) is 19.2 Å². The Hall–Kier alpha value is -3.48. The number of fused-ring (bicyclic) bond motifs is 2. The van der Waals surface area contributed by atoms with Gasteiger partial charge in [-0.3, -0.25) is 30.0 Å². The Bertz CT molecular complexity index is 976. The lowest BCUT2D eigenvalue weighted by Crippen LogP contribution is -2.44. The number of hydrogen-bond acceptors (Lipinski definition) is 5. The summed E-state index contributed by atoms with van der Waals surface area (Å²) in [6.07, 6.45) is 2.66. The molecule has 4 rings (SSSR count). The number of ketones is 1. The Morgan fingerprint density at radius 1 is 0.774 bits per heavy atom. The van der Waals surface area contributed by atoms with Crippen molar-refractivity contribution in [1.29, 1.82) is 0 Å². The predicted molar refractivity (Wildman–Crippen MR) is 112 cm³/mol. The van der Waals surface area contributed by atoms with E-state index in [0.29, 0.717) is 11.1 Å². The highest BCUT2D eigenvalue weighted by atomic mass is 16.5. The SMILES string of the molecule is O=C(COC(=O)[C@H]1[C@H]2CC[C@H](C2)[C@H]1C(=O)c1ccccc1)NNC(=O)c1ccccc1. The standard InChI is InChI=1S/C24H24N2O5/c27-19(25-26-23(29)16-9-5-2-6-10-16)14-31-24(30)21-18-12-11-17(13-18)20(21)22(28)15-7-3-1-4-8-15/h1-10,17-18,20-21H,11-14H2,(H,25,27)(H,26,29)/t17-,18+,20-,21+/m1/s1. The summed E-state index contributed by atoms with van der Waals surface area (Å²) in [5.74, 6) is -2.33. The lowest BCUT2D eigenvalue weighted by molar-refractivity contribution is -0.155. The first kappa shape index (κ1) is 20.8. The summed E-state index contributed by atoms with van der Waals surface area (Å²) in [5.41, 5.74) is 5.51. The number of rotatable bonds is 6. The van der Waals surface area contributed by atoms with Gasteiger partial charge in [0.1, 0.15) is 0 Å². The molecule has 4 atom stereocenters. The van der Waals surface area contributed by atoms with Crippen molar-refractivity contribution in [3.63, 3.8) is 0 Å². The van der Waals surface area contributed by atoms with Crippen LogP contribution in [0.25, 0.3) is 0 Å². The molecule has 2 amide bonds. The molecule has 2 aromatic rings. The highest BCUT2D eigenvalue weighted by molar-refractivity contribution is 6.01. The molecule has 31 heavy (non-hydrogen) atoms. The van der Waals surface area contributed by atoms with Crippen molar-refractivity contribution in [1.82, 2.24) is 10.9 Å². The molecule has 2 aliphatic carbocycles. The van der Waals surface area contributed by atoms with E-state index in [4.69, 9.17) is 4.74 Å². The summed E-state index contributed by atoms with van der Waals surface area (Å²) < 4.78 is 5.24. The number of esters is 1. The molecule has 7 nitrogen and oxygen atoms in total. The van der Waals surface area contributed by atoms with Crippen LogP contribution in [0.5, 0.6) is 0 Å². The molecule has 2 fully saturated rings. The molecule has 0 aliphatic heterocycles. The number of benzene rings is 2. The fourth-order valence-corrected chi connectivity index (χ4v) is 4.86. The summed E-state index contributed by atoms with van der Waals surface area (Å²) >= 11 is 0. The van der Waals surface area contributed by atoms with Crippen molar-refractivity contribution in [2.24, 2.45) is 23.7 Å². The third kappa shape index (κ3) is 4.50. The van der Waals surface area contributed by atoms with Crippen molar-refractivity contribution in [3.05, 3.63) is 71.8 Å². The predicted octanol–water partition coefficient (Wildman–Crippen LogP) is 2.54. The van der Waals surface area contributed by atoms with E-state index in [1.54, 1.807) is 42.5 Å². The molecular weight excluding hydrogens is 396 g/mol. The number of nitrogens with one attached hydrogen (secondary N) is 2. The number of ether oxygens (including phenoxy) is 1. The summed E-state index contributed by atoms with van der Waals surface area (Å²) in [6, 6.07) is 17.4. The maximum absolute atomic E-state index is 13.1. The first-order valence-electron chi connectivity index (χ1n) is 10.4. The topological polar surface area (TPSA) is 102 Å². The van der Waals surface area contributed by atoms with Gasteiger partial charge in [0.2, 0.25) is 0 Å². The van der Waals surface area contributed by atoms with Gasteiger partial charge in [0.25, 0.3) is 11.8 Å². The molecule has 7 heteroatoms. The molecule has 0 spiro atoms. The average Bonchev–Trinajstić information content (AvgIpc) is 3.43. The molecular formula is C24H24N2O5. The molecule has 160 valence electrons. The highest BCUT2D eigenvalue weighted by Crippen LogP contribution is 2.53. The highest BCUT2D eigenvalue weighted by Gasteiger charge is 2.54. The second kappa shape index (κ2) is 9.12. The maximum Gasteiger partial charge on any atom is 0.310 e.